The van der Waals surface area contributed by atoms with Crippen molar-refractivity contribution in [3.05, 3.63) is 71.8 Å². The van der Waals surface area contributed by atoms with Crippen LogP contribution in [-0.4, -0.2) is 65.9 Å². The van der Waals surface area contributed by atoms with E-state index in [1.807, 2.05) is 0 Å². The average Bonchev–Trinajstić information content (AvgIpc) is 2.87. The minimum Gasteiger partial charge on any atom is -0.396 e. The Morgan fingerprint density at radius 3 is 1.26 bits per heavy atom. The third-order valence-electron chi connectivity index (χ3n) is 11.4. The van der Waals surface area contributed by atoms with Crippen LogP contribution in [0.1, 0.15) is 42.2 Å². The fourth-order valence-corrected chi connectivity index (χ4v) is 11.1. The maximum atomic E-state index is 10.4. The van der Waals surface area contributed by atoms with Crippen molar-refractivity contribution in [1.29, 1.82) is 0 Å². The number of aliphatic hydroxyl groups excluding tert-OH is 3. The molecule has 35 heavy (non-hydrogen) atoms. The molecule has 6 nitrogen and oxygen atoms in total. The summed E-state index contributed by atoms with van der Waals surface area (Å²) in [6.07, 6.45) is 2.09. The number of piperidine rings is 4. The van der Waals surface area contributed by atoms with Gasteiger partial charge in [-0.25, -0.2) is 0 Å². The molecule has 0 radical (unpaired) electrons. The summed E-state index contributed by atoms with van der Waals surface area (Å²) in [5.74, 6) is 0.433. The fourth-order valence-electron chi connectivity index (χ4n) is 11.1. The highest BCUT2D eigenvalue weighted by Gasteiger charge is 2.95. The Bertz CT molecular complexity index is 1080. The molecule has 6 aliphatic rings. The van der Waals surface area contributed by atoms with Crippen molar-refractivity contribution in [2.75, 3.05) is 26.4 Å². The van der Waals surface area contributed by atoms with Gasteiger partial charge in [-0.3, -0.25) is 0 Å². The van der Waals surface area contributed by atoms with Gasteiger partial charge in [-0.05, 0) is 30.4 Å². The molecule has 4 saturated heterocycles. The number of hydrogen-bond donors (Lipinski definition) is 6. The lowest BCUT2D eigenvalue weighted by Gasteiger charge is -2.96. The molecule has 0 spiro atoms. The topological polar surface area (TPSA) is 111 Å². The second-order valence-corrected chi connectivity index (χ2v) is 11.8. The van der Waals surface area contributed by atoms with E-state index >= 15 is 0 Å². The van der Waals surface area contributed by atoms with E-state index in [-0.39, 0.29) is 77.5 Å². The van der Waals surface area contributed by atoms with Crippen molar-refractivity contribution in [2.45, 2.75) is 55.3 Å². The van der Waals surface area contributed by atoms with Crippen LogP contribution in [0.5, 0.6) is 0 Å². The summed E-state index contributed by atoms with van der Waals surface area (Å²) < 4.78 is 0. The minimum absolute atomic E-state index is 0.122. The molecular formula is C29H37N3O3. The van der Waals surface area contributed by atoms with Crippen molar-refractivity contribution in [2.24, 2.45) is 27.4 Å². The van der Waals surface area contributed by atoms with E-state index in [0.29, 0.717) is 25.8 Å². The summed E-state index contributed by atoms with van der Waals surface area (Å²) in [6, 6.07) is 22.2. The van der Waals surface area contributed by atoms with Gasteiger partial charge in [0.15, 0.2) is 0 Å². The molecule has 6 fully saturated rings. The lowest BCUT2D eigenvalue weighted by atomic mass is 9.16. The van der Waals surface area contributed by atoms with Crippen LogP contribution in [0, 0.1) is 21.7 Å². The number of rotatable bonds is 9. The number of aliphatic hydroxyl groups is 3. The lowest BCUT2D eigenvalue weighted by molar-refractivity contribution is -0.398. The van der Waals surface area contributed by atoms with E-state index in [9.17, 15) is 15.3 Å². The fraction of sp³-hybridized carbons (Fsp3) is 0.586. The molecule has 4 heterocycles. The van der Waals surface area contributed by atoms with Gasteiger partial charge >= 0.3 is 0 Å². The molecule has 2 saturated carbocycles. The molecule has 7 N–H and O–H groups in total. The number of nitrogens with one attached hydrogen (secondary N) is 2. The summed E-state index contributed by atoms with van der Waals surface area (Å²) in [5, 5.41) is 39.5. The highest BCUT2D eigenvalue weighted by Crippen LogP contribution is 2.89. The first kappa shape index (κ1) is 22.4. The predicted molar refractivity (Wildman–Crippen MR) is 134 cm³/mol. The molecule has 8 bridgehead atoms. The van der Waals surface area contributed by atoms with Crippen molar-refractivity contribution < 1.29 is 15.3 Å². The van der Waals surface area contributed by atoms with Gasteiger partial charge in [-0.1, -0.05) is 60.7 Å². The monoisotopic (exact) mass is 475 g/mol. The molecule has 4 aliphatic heterocycles. The quantitative estimate of drug-likeness (QED) is 0.327. The molecule has 6 atom stereocenters. The van der Waals surface area contributed by atoms with Crippen molar-refractivity contribution in [3.63, 3.8) is 0 Å². The molecule has 186 valence electrons. The first-order valence-electron chi connectivity index (χ1n) is 13.3. The third kappa shape index (κ3) is 2.14. The smallest absolute Gasteiger partial charge is 0.0437 e. The van der Waals surface area contributed by atoms with E-state index in [0.717, 1.165) is 0 Å². The maximum Gasteiger partial charge on any atom is 0.0437 e. The molecule has 2 aromatic rings. The Labute approximate surface area is 206 Å². The van der Waals surface area contributed by atoms with Crippen molar-refractivity contribution in [3.8, 4) is 0 Å². The molecule has 0 amide bonds. The highest BCUT2D eigenvalue weighted by molar-refractivity contribution is 5.56. The van der Waals surface area contributed by atoms with Crippen LogP contribution < -0.4 is 16.4 Å². The SMILES string of the molecule is NCC12C3NC4C(CCO)(C5NC1C3(CCO)C(c1ccccc1)C45CCO)C2c1ccccc1. The average molecular weight is 476 g/mol. The van der Waals surface area contributed by atoms with Crippen LogP contribution >= 0.6 is 0 Å². The summed E-state index contributed by atoms with van der Waals surface area (Å²) in [4.78, 5) is 0. The van der Waals surface area contributed by atoms with Crippen LogP contribution in [0.25, 0.3) is 0 Å². The Balaban J connectivity index is 1.52. The Kier molecular flexibility index (Phi) is 4.72. The first-order valence-corrected chi connectivity index (χ1v) is 13.3. The Hall–Kier alpha value is -1.80. The molecule has 6 heteroatoms. The van der Waals surface area contributed by atoms with Crippen LogP contribution in [0.2, 0.25) is 0 Å². The zero-order chi connectivity index (χ0) is 24.1. The summed E-state index contributed by atoms with van der Waals surface area (Å²) >= 11 is 0. The predicted octanol–water partition coefficient (Wildman–Crippen LogP) is 1.33. The summed E-state index contributed by atoms with van der Waals surface area (Å²) in [5.41, 5.74) is 8.64. The van der Waals surface area contributed by atoms with Crippen LogP contribution in [0.4, 0.5) is 0 Å². The largest absolute Gasteiger partial charge is 0.396 e. The van der Waals surface area contributed by atoms with Gasteiger partial charge in [0.1, 0.15) is 0 Å². The maximum absolute atomic E-state index is 10.4. The number of nitrogens with two attached hydrogens (primary N) is 1. The lowest BCUT2D eigenvalue weighted by Crippen LogP contribution is -3.07. The molecule has 8 rings (SSSR count). The van der Waals surface area contributed by atoms with Gasteiger partial charge in [0, 0.05) is 84.0 Å². The van der Waals surface area contributed by atoms with Gasteiger partial charge in [0.25, 0.3) is 0 Å². The highest BCUT2D eigenvalue weighted by atomic mass is 16.3. The zero-order valence-electron chi connectivity index (χ0n) is 20.1. The van der Waals surface area contributed by atoms with E-state index in [1.165, 1.54) is 11.1 Å². The van der Waals surface area contributed by atoms with Crippen LogP contribution in [0.15, 0.2) is 60.7 Å². The van der Waals surface area contributed by atoms with Gasteiger partial charge in [-0.15, -0.1) is 0 Å². The van der Waals surface area contributed by atoms with E-state index in [1.54, 1.807) is 0 Å². The standard InChI is InChI=1S/C29H37N3O3/c30-17-29-21(19-9-5-2-6-10-19)28(13-16-35)22-26(11-14-33)20(18-7-3-1-4-8-18)27(12-15-34,24(29)31-22)25(29)32-23(26)28/h1-10,20-25,31-35H,11-17,30H2. The molecule has 0 aromatic heterocycles. The molecule has 6 unspecified atom stereocenters. The normalized spacial score (nSPS) is 47.9. The van der Waals surface area contributed by atoms with Crippen LogP contribution in [-0.2, 0) is 0 Å². The Morgan fingerprint density at radius 2 is 0.914 bits per heavy atom. The van der Waals surface area contributed by atoms with E-state index < -0.39 is 0 Å². The van der Waals surface area contributed by atoms with Crippen LogP contribution in [0.3, 0.4) is 0 Å². The zero-order valence-corrected chi connectivity index (χ0v) is 20.1. The second kappa shape index (κ2) is 7.37. The summed E-state index contributed by atoms with van der Waals surface area (Å²) in [7, 11) is 0. The molecule has 2 aromatic carbocycles. The molecule has 2 aliphatic carbocycles. The minimum atomic E-state index is -0.197. The van der Waals surface area contributed by atoms with E-state index in [4.69, 9.17) is 5.73 Å². The van der Waals surface area contributed by atoms with Gasteiger partial charge in [-0.2, -0.15) is 0 Å². The van der Waals surface area contributed by atoms with Crippen molar-refractivity contribution in [1.82, 2.24) is 10.6 Å². The van der Waals surface area contributed by atoms with Gasteiger partial charge < -0.3 is 31.7 Å². The van der Waals surface area contributed by atoms with Gasteiger partial charge in [0.05, 0.1) is 0 Å². The third-order valence-corrected chi connectivity index (χ3v) is 11.4. The second-order valence-electron chi connectivity index (χ2n) is 11.8. The van der Waals surface area contributed by atoms with Crippen molar-refractivity contribution >= 4 is 0 Å². The first-order chi connectivity index (χ1) is 17.1. The molecular weight excluding hydrogens is 438 g/mol. The van der Waals surface area contributed by atoms with Gasteiger partial charge in [0.2, 0.25) is 0 Å². The number of benzene rings is 2. The van der Waals surface area contributed by atoms with E-state index in [2.05, 4.69) is 71.3 Å². The number of hydrogen-bond acceptors (Lipinski definition) is 6. The summed E-state index contributed by atoms with van der Waals surface area (Å²) in [6.45, 7) is 0.930. The Morgan fingerprint density at radius 1 is 0.571 bits per heavy atom.